The molecule has 0 fully saturated rings. The maximum absolute atomic E-state index is 3.51. The van der Waals surface area contributed by atoms with Crippen molar-refractivity contribution in [2.45, 2.75) is 19.4 Å². The van der Waals surface area contributed by atoms with Gasteiger partial charge in [0.15, 0.2) is 0 Å². The normalized spacial score (nSPS) is 18.8. The molecule has 0 saturated carbocycles. The summed E-state index contributed by atoms with van der Waals surface area (Å²) in [4.78, 5) is 0. The molecule has 2 aromatic rings. The Morgan fingerprint density at radius 1 is 1.06 bits per heavy atom. The maximum Gasteiger partial charge on any atom is 0.0218 e. The number of hydrogen-bond acceptors (Lipinski definition) is 1. The van der Waals surface area contributed by atoms with Crippen LogP contribution in [0, 0.1) is 6.92 Å². The lowest BCUT2D eigenvalue weighted by molar-refractivity contribution is 0.591. The first kappa shape index (κ1) is 10.5. The van der Waals surface area contributed by atoms with Crippen LogP contribution in [0.15, 0.2) is 48.5 Å². The third-order valence-electron chi connectivity index (χ3n) is 3.54. The Kier molecular flexibility index (Phi) is 2.69. The van der Waals surface area contributed by atoms with E-state index in [-0.39, 0.29) is 0 Å². The molecular formula is C16H17N. The smallest absolute Gasteiger partial charge is 0.0218 e. The van der Waals surface area contributed by atoms with Crippen LogP contribution in [0.1, 0.15) is 28.2 Å². The molecule has 0 saturated heterocycles. The van der Waals surface area contributed by atoms with E-state index in [2.05, 4.69) is 60.8 Å². The van der Waals surface area contributed by atoms with Crippen molar-refractivity contribution in [3.8, 4) is 0 Å². The second-order valence-corrected chi connectivity index (χ2v) is 4.80. The van der Waals surface area contributed by atoms with Crippen molar-refractivity contribution >= 4 is 0 Å². The average molecular weight is 223 g/mol. The monoisotopic (exact) mass is 223 g/mol. The topological polar surface area (TPSA) is 12.0 Å². The van der Waals surface area contributed by atoms with Crippen molar-refractivity contribution in [1.29, 1.82) is 0 Å². The van der Waals surface area contributed by atoms with E-state index in [0.29, 0.717) is 5.92 Å². The van der Waals surface area contributed by atoms with Gasteiger partial charge < -0.3 is 5.32 Å². The van der Waals surface area contributed by atoms with Crippen LogP contribution in [0.5, 0.6) is 0 Å². The summed E-state index contributed by atoms with van der Waals surface area (Å²) in [6, 6.07) is 17.6. The van der Waals surface area contributed by atoms with Gasteiger partial charge in [-0.15, -0.1) is 0 Å². The molecule has 17 heavy (non-hydrogen) atoms. The molecule has 1 heteroatoms. The molecule has 1 heterocycles. The Hall–Kier alpha value is -1.60. The molecule has 1 atom stereocenters. The standard InChI is InChI=1S/C16H17N/c1-12-7-8-14-10-17-11-16(15(14)9-12)13-5-3-2-4-6-13/h2-9,16-17H,10-11H2,1H3. The predicted molar refractivity (Wildman–Crippen MR) is 71.2 cm³/mol. The van der Waals surface area contributed by atoms with Gasteiger partial charge in [-0.2, -0.15) is 0 Å². The van der Waals surface area contributed by atoms with Crippen LogP contribution in [0.4, 0.5) is 0 Å². The van der Waals surface area contributed by atoms with E-state index in [9.17, 15) is 0 Å². The summed E-state index contributed by atoms with van der Waals surface area (Å²) in [5.74, 6) is 0.500. The van der Waals surface area contributed by atoms with Crippen LogP contribution in [0.2, 0.25) is 0 Å². The minimum absolute atomic E-state index is 0.500. The molecule has 2 aromatic carbocycles. The minimum Gasteiger partial charge on any atom is -0.312 e. The summed E-state index contributed by atoms with van der Waals surface area (Å²) in [7, 11) is 0. The Morgan fingerprint density at radius 2 is 1.88 bits per heavy atom. The average Bonchev–Trinajstić information content (AvgIpc) is 2.39. The lowest BCUT2D eigenvalue weighted by Gasteiger charge is -2.27. The van der Waals surface area contributed by atoms with Crippen LogP contribution in [0.3, 0.4) is 0 Å². The fourth-order valence-electron chi connectivity index (χ4n) is 2.64. The molecule has 0 radical (unpaired) electrons. The molecule has 0 amide bonds. The van der Waals surface area contributed by atoms with Gasteiger partial charge in [-0.3, -0.25) is 0 Å². The molecule has 0 aromatic heterocycles. The molecule has 1 N–H and O–H groups in total. The van der Waals surface area contributed by atoms with E-state index in [1.807, 2.05) is 0 Å². The quantitative estimate of drug-likeness (QED) is 0.782. The number of hydrogen-bond donors (Lipinski definition) is 1. The lowest BCUT2D eigenvalue weighted by Crippen LogP contribution is -2.28. The number of benzene rings is 2. The Bertz CT molecular complexity index is 516. The van der Waals surface area contributed by atoms with E-state index in [4.69, 9.17) is 0 Å². The van der Waals surface area contributed by atoms with Crippen molar-refractivity contribution in [3.63, 3.8) is 0 Å². The molecule has 3 rings (SSSR count). The fourth-order valence-corrected chi connectivity index (χ4v) is 2.64. The van der Waals surface area contributed by atoms with Crippen LogP contribution in [0.25, 0.3) is 0 Å². The van der Waals surface area contributed by atoms with Gasteiger partial charge in [0.2, 0.25) is 0 Å². The van der Waals surface area contributed by atoms with Gasteiger partial charge in [0, 0.05) is 19.0 Å². The highest BCUT2D eigenvalue weighted by atomic mass is 14.9. The predicted octanol–water partition coefficient (Wildman–Crippen LogP) is 3.23. The second-order valence-electron chi connectivity index (χ2n) is 4.80. The third-order valence-corrected chi connectivity index (χ3v) is 3.54. The van der Waals surface area contributed by atoms with E-state index < -0.39 is 0 Å². The summed E-state index contributed by atoms with van der Waals surface area (Å²) in [6.07, 6.45) is 0. The lowest BCUT2D eigenvalue weighted by atomic mass is 9.85. The zero-order valence-electron chi connectivity index (χ0n) is 10.1. The number of aryl methyl sites for hydroxylation is 1. The maximum atomic E-state index is 3.51. The molecule has 86 valence electrons. The highest BCUT2D eigenvalue weighted by Crippen LogP contribution is 2.30. The van der Waals surface area contributed by atoms with Gasteiger partial charge in [-0.05, 0) is 23.6 Å². The van der Waals surface area contributed by atoms with Gasteiger partial charge >= 0.3 is 0 Å². The van der Waals surface area contributed by atoms with Gasteiger partial charge in [-0.25, -0.2) is 0 Å². The first-order valence-electron chi connectivity index (χ1n) is 6.19. The number of fused-ring (bicyclic) bond motifs is 1. The van der Waals surface area contributed by atoms with E-state index in [1.165, 1.54) is 22.3 Å². The molecule has 0 aliphatic carbocycles. The summed E-state index contributed by atoms with van der Waals surface area (Å²) in [5, 5.41) is 3.51. The van der Waals surface area contributed by atoms with Gasteiger partial charge in [0.25, 0.3) is 0 Å². The number of rotatable bonds is 1. The first-order chi connectivity index (χ1) is 8.34. The second kappa shape index (κ2) is 4.34. The Labute approximate surface area is 102 Å². The van der Waals surface area contributed by atoms with Crippen LogP contribution in [-0.4, -0.2) is 6.54 Å². The molecule has 1 aliphatic heterocycles. The molecular weight excluding hydrogens is 206 g/mol. The highest BCUT2D eigenvalue weighted by molar-refractivity contribution is 5.42. The zero-order valence-corrected chi connectivity index (χ0v) is 10.1. The summed E-state index contributed by atoms with van der Waals surface area (Å²) in [5.41, 5.74) is 5.70. The largest absolute Gasteiger partial charge is 0.312 e. The van der Waals surface area contributed by atoms with Crippen molar-refractivity contribution in [3.05, 3.63) is 70.8 Å². The highest BCUT2D eigenvalue weighted by Gasteiger charge is 2.20. The number of nitrogens with one attached hydrogen (secondary N) is 1. The Balaban J connectivity index is 2.08. The van der Waals surface area contributed by atoms with Crippen molar-refractivity contribution in [1.82, 2.24) is 5.32 Å². The molecule has 0 spiro atoms. The van der Waals surface area contributed by atoms with E-state index in [0.717, 1.165) is 13.1 Å². The molecule has 0 bridgehead atoms. The van der Waals surface area contributed by atoms with E-state index >= 15 is 0 Å². The van der Waals surface area contributed by atoms with Crippen molar-refractivity contribution < 1.29 is 0 Å². The summed E-state index contributed by atoms with van der Waals surface area (Å²) < 4.78 is 0. The molecule has 1 unspecified atom stereocenters. The SMILES string of the molecule is Cc1ccc2c(c1)C(c1ccccc1)CNC2. The summed E-state index contributed by atoms with van der Waals surface area (Å²) in [6.45, 7) is 4.21. The molecule has 1 nitrogen and oxygen atoms in total. The van der Waals surface area contributed by atoms with Crippen LogP contribution < -0.4 is 5.32 Å². The third kappa shape index (κ3) is 1.98. The Morgan fingerprint density at radius 3 is 2.71 bits per heavy atom. The van der Waals surface area contributed by atoms with Crippen molar-refractivity contribution in [2.24, 2.45) is 0 Å². The molecule has 1 aliphatic rings. The van der Waals surface area contributed by atoms with Gasteiger partial charge in [0.05, 0.1) is 0 Å². The van der Waals surface area contributed by atoms with E-state index in [1.54, 1.807) is 0 Å². The first-order valence-corrected chi connectivity index (χ1v) is 6.19. The van der Waals surface area contributed by atoms with Crippen LogP contribution >= 0.6 is 0 Å². The van der Waals surface area contributed by atoms with Crippen LogP contribution in [-0.2, 0) is 6.54 Å². The van der Waals surface area contributed by atoms with Gasteiger partial charge in [0.1, 0.15) is 0 Å². The van der Waals surface area contributed by atoms with Gasteiger partial charge in [-0.1, -0.05) is 54.1 Å². The van der Waals surface area contributed by atoms with Crippen molar-refractivity contribution in [2.75, 3.05) is 6.54 Å². The zero-order chi connectivity index (χ0) is 11.7. The fraction of sp³-hybridized carbons (Fsp3) is 0.250. The summed E-state index contributed by atoms with van der Waals surface area (Å²) >= 11 is 0. The minimum atomic E-state index is 0.500.